The van der Waals surface area contributed by atoms with E-state index in [1.54, 1.807) is 12.1 Å². The van der Waals surface area contributed by atoms with Gasteiger partial charge in [0.2, 0.25) is 5.75 Å². The SMILES string of the molecule is CCSc1ncc(Oc2ccccc2)c(=O)[nH]1. The fourth-order valence-corrected chi connectivity index (χ4v) is 1.83. The van der Waals surface area contributed by atoms with Crippen LogP contribution in [0, 0.1) is 0 Å². The van der Waals surface area contributed by atoms with Crippen molar-refractivity contribution >= 4 is 11.8 Å². The summed E-state index contributed by atoms with van der Waals surface area (Å²) in [6, 6.07) is 9.15. The molecule has 1 N–H and O–H groups in total. The van der Waals surface area contributed by atoms with Gasteiger partial charge >= 0.3 is 0 Å². The van der Waals surface area contributed by atoms with Gasteiger partial charge in [-0.25, -0.2) is 4.98 Å². The number of H-pyrrole nitrogens is 1. The third kappa shape index (κ3) is 3.10. The molecule has 0 aliphatic heterocycles. The first kappa shape index (κ1) is 11.7. The monoisotopic (exact) mass is 248 g/mol. The average molecular weight is 248 g/mol. The quantitative estimate of drug-likeness (QED) is 0.667. The molecular formula is C12H12N2O2S. The average Bonchev–Trinajstić information content (AvgIpc) is 2.34. The van der Waals surface area contributed by atoms with Crippen LogP contribution >= 0.6 is 11.8 Å². The summed E-state index contributed by atoms with van der Waals surface area (Å²) in [5.74, 6) is 1.69. The van der Waals surface area contributed by atoms with Crippen molar-refractivity contribution in [3.8, 4) is 11.5 Å². The molecule has 2 aromatic rings. The topological polar surface area (TPSA) is 55.0 Å². The van der Waals surface area contributed by atoms with Crippen LogP contribution in [0.1, 0.15) is 6.92 Å². The van der Waals surface area contributed by atoms with E-state index < -0.39 is 0 Å². The molecule has 17 heavy (non-hydrogen) atoms. The summed E-state index contributed by atoms with van der Waals surface area (Å²) in [4.78, 5) is 18.5. The summed E-state index contributed by atoms with van der Waals surface area (Å²) >= 11 is 1.48. The summed E-state index contributed by atoms with van der Waals surface area (Å²) in [6.45, 7) is 2.00. The van der Waals surface area contributed by atoms with Crippen LogP contribution in [0.4, 0.5) is 0 Å². The number of nitrogens with one attached hydrogen (secondary N) is 1. The van der Waals surface area contributed by atoms with Crippen LogP contribution in [-0.2, 0) is 0 Å². The highest BCUT2D eigenvalue weighted by molar-refractivity contribution is 7.99. The van der Waals surface area contributed by atoms with Crippen LogP contribution in [0.2, 0.25) is 0 Å². The Bertz CT molecular complexity index is 540. The Kier molecular flexibility index (Phi) is 3.82. The van der Waals surface area contributed by atoms with Gasteiger partial charge in [-0.2, -0.15) is 0 Å². The molecule has 0 unspecified atom stereocenters. The van der Waals surface area contributed by atoms with E-state index in [1.165, 1.54) is 18.0 Å². The summed E-state index contributed by atoms with van der Waals surface area (Å²) < 4.78 is 5.43. The molecule has 0 saturated heterocycles. The molecule has 5 heteroatoms. The molecule has 0 bridgehead atoms. The number of aromatic amines is 1. The van der Waals surface area contributed by atoms with Gasteiger partial charge in [0, 0.05) is 0 Å². The van der Waals surface area contributed by atoms with Crippen molar-refractivity contribution in [3.05, 3.63) is 46.9 Å². The van der Waals surface area contributed by atoms with Crippen molar-refractivity contribution in [2.75, 3.05) is 5.75 Å². The maximum absolute atomic E-state index is 11.7. The summed E-state index contributed by atoms with van der Waals surface area (Å²) in [5, 5.41) is 0.609. The van der Waals surface area contributed by atoms with Crippen LogP contribution in [0.15, 0.2) is 46.5 Å². The number of aromatic nitrogens is 2. The van der Waals surface area contributed by atoms with Crippen LogP contribution in [0.3, 0.4) is 0 Å². The Morgan fingerprint density at radius 2 is 2.12 bits per heavy atom. The molecule has 0 aliphatic carbocycles. The molecule has 0 amide bonds. The van der Waals surface area contributed by atoms with E-state index in [4.69, 9.17) is 4.74 Å². The maximum atomic E-state index is 11.7. The normalized spacial score (nSPS) is 10.2. The van der Waals surface area contributed by atoms with Gasteiger partial charge < -0.3 is 4.74 Å². The second kappa shape index (κ2) is 5.54. The zero-order chi connectivity index (χ0) is 12.1. The van der Waals surface area contributed by atoms with Gasteiger partial charge in [-0.3, -0.25) is 9.78 Å². The smallest absolute Gasteiger partial charge is 0.294 e. The van der Waals surface area contributed by atoms with Gasteiger partial charge in [0.1, 0.15) is 5.75 Å². The van der Waals surface area contributed by atoms with Crippen molar-refractivity contribution in [3.63, 3.8) is 0 Å². The fraction of sp³-hybridized carbons (Fsp3) is 0.167. The van der Waals surface area contributed by atoms with Gasteiger partial charge in [0.05, 0.1) is 6.20 Å². The zero-order valence-corrected chi connectivity index (χ0v) is 10.2. The van der Waals surface area contributed by atoms with Crippen molar-refractivity contribution in [2.24, 2.45) is 0 Å². The van der Waals surface area contributed by atoms with E-state index in [0.717, 1.165) is 5.75 Å². The summed E-state index contributed by atoms with van der Waals surface area (Å²) in [7, 11) is 0. The largest absolute Gasteiger partial charge is 0.450 e. The molecule has 2 rings (SSSR count). The van der Waals surface area contributed by atoms with Crippen molar-refractivity contribution < 1.29 is 4.74 Å². The minimum Gasteiger partial charge on any atom is -0.450 e. The standard InChI is InChI=1S/C12H12N2O2S/c1-2-17-12-13-8-10(11(15)14-12)16-9-6-4-3-5-7-9/h3-8H,2H2,1H3,(H,13,14,15). The number of para-hydroxylation sites is 1. The van der Waals surface area contributed by atoms with E-state index in [2.05, 4.69) is 9.97 Å². The molecular weight excluding hydrogens is 236 g/mol. The second-order valence-electron chi connectivity index (χ2n) is 3.23. The third-order valence-electron chi connectivity index (χ3n) is 2.00. The van der Waals surface area contributed by atoms with E-state index in [1.807, 2.05) is 25.1 Å². The highest BCUT2D eigenvalue weighted by atomic mass is 32.2. The Labute approximate surface area is 103 Å². The van der Waals surface area contributed by atoms with Gasteiger partial charge in [0.25, 0.3) is 5.56 Å². The minimum absolute atomic E-state index is 0.205. The van der Waals surface area contributed by atoms with Crippen molar-refractivity contribution in [1.29, 1.82) is 0 Å². The Morgan fingerprint density at radius 3 is 2.76 bits per heavy atom. The number of rotatable bonds is 4. The van der Waals surface area contributed by atoms with Gasteiger partial charge in [-0.15, -0.1) is 0 Å². The lowest BCUT2D eigenvalue weighted by Gasteiger charge is -2.04. The molecule has 88 valence electrons. The Morgan fingerprint density at radius 1 is 1.35 bits per heavy atom. The minimum atomic E-state index is -0.264. The predicted molar refractivity (Wildman–Crippen MR) is 67.8 cm³/mol. The predicted octanol–water partition coefficient (Wildman–Crippen LogP) is 2.67. The molecule has 1 aromatic heterocycles. The van der Waals surface area contributed by atoms with Crippen LogP contribution in [-0.4, -0.2) is 15.7 Å². The van der Waals surface area contributed by atoms with Gasteiger partial charge in [-0.1, -0.05) is 36.9 Å². The Hall–Kier alpha value is -1.75. The molecule has 0 aliphatic rings. The molecule has 1 heterocycles. The molecule has 4 nitrogen and oxygen atoms in total. The van der Waals surface area contributed by atoms with Crippen molar-refractivity contribution in [2.45, 2.75) is 12.1 Å². The zero-order valence-electron chi connectivity index (χ0n) is 9.34. The van der Waals surface area contributed by atoms with Crippen molar-refractivity contribution in [1.82, 2.24) is 9.97 Å². The maximum Gasteiger partial charge on any atom is 0.294 e. The number of hydrogen-bond acceptors (Lipinski definition) is 4. The first-order valence-electron chi connectivity index (χ1n) is 5.24. The lowest BCUT2D eigenvalue weighted by atomic mass is 10.3. The number of thioether (sulfide) groups is 1. The van der Waals surface area contributed by atoms with Crippen LogP contribution in [0.25, 0.3) is 0 Å². The number of ether oxygens (including phenoxy) is 1. The lowest BCUT2D eigenvalue weighted by Crippen LogP contribution is -2.10. The fourth-order valence-electron chi connectivity index (χ4n) is 1.27. The molecule has 0 spiro atoms. The van der Waals surface area contributed by atoms with E-state index in [0.29, 0.717) is 10.9 Å². The van der Waals surface area contributed by atoms with Gasteiger partial charge in [-0.05, 0) is 17.9 Å². The first-order valence-corrected chi connectivity index (χ1v) is 6.23. The van der Waals surface area contributed by atoms with E-state index in [-0.39, 0.29) is 11.3 Å². The molecule has 0 atom stereocenters. The lowest BCUT2D eigenvalue weighted by molar-refractivity contribution is 0.469. The second-order valence-corrected chi connectivity index (χ2v) is 4.48. The highest BCUT2D eigenvalue weighted by Gasteiger charge is 2.04. The van der Waals surface area contributed by atoms with E-state index >= 15 is 0 Å². The highest BCUT2D eigenvalue weighted by Crippen LogP contribution is 2.17. The van der Waals surface area contributed by atoms with Crippen LogP contribution in [0.5, 0.6) is 11.5 Å². The number of hydrogen-bond donors (Lipinski definition) is 1. The molecule has 1 aromatic carbocycles. The first-order chi connectivity index (χ1) is 8.29. The Balaban J connectivity index is 2.20. The number of nitrogens with zero attached hydrogens (tertiary/aromatic N) is 1. The molecule has 0 fully saturated rings. The summed E-state index contributed by atoms with van der Waals surface area (Å²) in [6.07, 6.45) is 1.45. The third-order valence-corrected chi connectivity index (χ3v) is 2.76. The number of benzene rings is 1. The summed E-state index contributed by atoms with van der Waals surface area (Å²) in [5.41, 5.74) is -0.264. The molecule has 0 radical (unpaired) electrons. The van der Waals surface area contributed by atoms with Crippen LogP contribution < -0.4 is 10.3 Å². The molecule has 0 saturated carbocycles. The van der Waals surface area contributed by atoms with Gasteiger partial charge in [0.15, 0.2) is 5.16 Å². The van der Waals surface area contributed by atoms with E-state index in [9.17, 15) is 4.79 Å².